The molecule has 0 unspecified atom stereocenters. The Hall–Kier alpha value is -8.19. The second kappa shape index (κ2) is 14.2. The zero-order valence-corrected chi connectivity index (χ0v) is 34.4. The molecule has 0 saturated heterocycles. The van der Waals surface area contributed by atoms with Crippen LogP contribution in [0, 0.1) is 0 Å². The molecule has 0 fully saturated rings. The number of para-hydroxylation sites is 2. The van der Waals surface area contributed by atoms with E-state index in [-0.39, 0.29) is 0 Å². The highest BCUT2D eigenvalue weighted by Crippen LogP contribution is 2.46. The van der Waals surface area contributed by atoms with Crippen LogP contribution in [-0.4, -0.2) is 15.0 Å². The predicted octanol–water partition coefficient (Wildman–Crippen LogP) is 16.0. The van der Waals surface area contributed by atoms with Crippen molar-refractivity contribution in [3.63, 3.8) is 0 Å². The van der Waals surface area contributed by atoms with Gasteiger partial charge < -0.3 is 8.83 Å². The summed E-state index contributed by atoms with van der Waals surface area (Å²) < 4.78 is 15.6. The molecular formula is C57H33N3O2S. The van der Waals surface area contributed by atoms with E-state index < -0.39 is 0 Å². The van der Waals surface area contributed by atoms with Gasteiger partial charge in [-0.05, 0) is 64.7 Å². The van der Waals surface area contributed by atoms with Crippen LogP contribution >= 0.6 is 11.3 Å². The fourth-order valence-corrected chi connectivity index (χ4v) is 10.4. The quantitative estimate of drug-likeness (QED) is 0.167. The van der Waals surface area contributed by atoms with E-state index in [0.717, 1.165) is 88.4 Å². The molecule has 0 N–H and O–H groups in total. The van der Waals surface area contributed by atoms with E-state index in [1.54, 1.807) is 0 Å². The summed E-state index contributed by atoms with van der Waals surface area (Å²) in [5, 5.41) is 6.91. The fourth-order valence-electron chi connectivity index (χ4n) is 9.13. The van der Waals surface area contributed by atoms with Crippen molar-refractivity contribution in [1.82, 2.24) is 15.0 Å². The van der Waals surface area contributed by atoms with Gasteiger partial charge in [0.2, 0.25) is 0 Å². The van der Waals surface area contributed by atoms with Crippen molar-refractivity contribution in [3.8, 4) is 67.5 Å². The minimum Gasteiger partial charge on any atom is -0.456 e. The normalized spacial score (nSPS) is 11.8. The number of hydrogen-bond acceptors (Lipinski definition) is 6. The topological polar surface area (TPSA) is 65.0 Å². The van der Waals surface area contributed by atoms with Gasteiger partial charge in [0.05, 0.1) is 0 Å². The van der Waals surface area contributed by atoms with E-state index in [4.69, 9.17) is 23.8 Å². The van der Waals surface area contributed by atoms with Crippen molar-refractivity contribution >= 4 is 75.4 Å². The number of benzene rings is 9. The standard InChI is InChI=1S/C57H33N3O2S/c1-2-12-34(13-3-1)37-14-10-15-38(32-37)56-58-55(59-57(60-56)39-28-29-42-41-16-4-7-21-48(41)61-50(42)33-39)36-26-24-35(25-27-36)40-30-31-44(52-47-18-5-8-22-49(47)62-53(40)52)46-20-11-19-45-43-17-6-9-23-51(43)63-54(45)46/h1-33H. The Bertz CT molecular complexity index is 3920. The van der Waals surface area contributed by atoms with Crippen molar-refractivity contribution in [2.45, 2.75) is 0 Å². The maximum absolute atomic E-state index is 6.77. The van der Waals surface area contributed by atoms with Crippen LogP contribution in [0.25, 0.3) is 132 Å². The van der Waals surface area contributed by atoms with Gasteiger partial charge in [0, 0.05) is 69.5 Å². The maximum Gasteiger partial charge on any atom is 0.164 e. The highest BCUT2D eigenvalue weighted by molar-refractivity contribution is 7.26. The number of aromatic nitrogens is 3. The highest BCUT2D eigenvalue weighted by Gasteiger charge is 2.21. The minimum atomic E-state index is 0.569. The monoisotopic (exact) mass is 823 g/mol. The first-order chi connectivity index (χ1) is 31.2. The lowest BCUT2D eigenvalue weighted by molar-refractivity contribution is 0.669. The molecule has 0 aliphatic rings. The molecule has 4 heterocycles. The van der Waals surface area contributed by atoms with Crippen LogP contribution in [0.5, 0.6) is 0 Å². The number of rotatable bonds is 6. The van der Waals surface area contributed by atoms with E-state index in [0.29, 0.717) is 17.5 Å². The van der Waals surface area contributed by atoms with Crippen molar-refractivity contribution < 1.29 is 8.83 Å². The molecule has 13 aromatic rings. The molecule has 13 rings (SSSR count). The Balaban J connectivity index is 0.943. The van der Waals surface area contributed by atoms with Crippen molar-refractivity contribution in [2.75, 3.05) is 0 Å². The fraction of sp³-hybridized carbons (Fsp3) is 0. The van der Waals surface area contributed by atoms with Crippen LogP contribution in [0.15, 0.2) is 209 Å². The summed E-state index contributed by atoms with van der Waals surface area (Å²) in [4.78, 5) is 15.4. The van der Waals surface area contributed by atoms with Crippen LogP contribution in [0.4, 0.5) is 0 Å². The van der Waals surface area contributed by atoms with Gasteiger partial charge in [-0.15, -0.1) is 11.3 Å². The van der Waals surface area contributed by atoms with Crippen LogP contribution in [0.2, 0.25) is 0 Å². The molecule has 0 aliphatic heterocycles. The van der Waals surface area contributed by atoms with E-state index in [9.17, 15) is 0 Å². The third-order valence-corrected chi connectivity index (χ3v) is 13.4. The summed E-state index contributed by atoms with van der Waals surface area (Å²) in [5.74, 6) is 1.74. The lowest BCUT2D eigenvalue weighted by Crippen LogP contribution is -2.00. The smallest absolute Gasteiger partial charge is 0.164 e. The molecule has 6 heteroatoms. The van der Waals surface area contributed by atoms with Crippen LogP contribution in [0.3, 0.4) is 0 Å². The second-order valence-electron chi connectivity index (χ2n) is 15.9. The first-order valence-corrected chi connectivity index (χ1v) is 21.8. The summed E-state index contributed by atoms with van der Waals surface area (Å²) in [7, 11) is 0. The Morgan fingerprint density at radius 1 is 0.317 bits per heavy atom. The zero-order chi connectivity index (χ0) is 41.4. The van der Waals surface area contributed by atoms with Gasteiger partial charge in [0.25, 0.3) is 0 Å². The SMILES string of the molecule is c1ccc(-c2cccc(-c3nc(-c4ccc(-c5ccc(-c6cccc7c6sc6ccccc67)c6c5oc5ccccc56)cc4)nc(-c4ccc5c(c4)oc4ccccc45)n3)c2)cc1. The van der Waals surface area contributed by atoms with Gasteiger partial charge in [-0.25, -0.2) is 15.0 Å². The number of thiophene rings is 1. The van der Waals surface area contributed by atoms with Crippen LogP contribution < -0.4 is 0 Å². The molecule has 0 bridgehead atoms. The number of nitrogens with zero attached hydrogens (tertiary/aromatic N) is 3. The lowest BCUT2D eigenvalue weighted by atomic mass is 9.93. The summed E-state index contributed by atoms with van der Waals surface area (Å²) in [6.45, 7) is 0. The van der Waals surface area contributed by atoms with Crippen molar-refractivity contribution in [2.24, 2.45) is 0 Å². The lowest BCUT2D eigenvalue weighted by Gasteiger charge is -2.11. The Kier molecular flexibility index (Phi) is 8.01. The molecule has 0 amide bonds. The van der Waals surface area contributed by atoms with E-state index in [1.165, 1.54) is 25.7 Å². The Labute approximate surface area is 365 Å². The molecule has 4 aromatic heterocycles. The highest BCUT2D eigenvalue weighted by atomic mass is 32.1. The largest absolute Gasteiger partial charge is 0.456 e. The number of furan rings is 2. The van der Waals surface area contributed by atoms with E-state index in [1.807, 2.05) is 47.7 Å². The van der Waals surface area contributed by atoms with Crippen LogP contribution in [-0.2, 0) is 0 Å². The molecule has 0 saturated carbocycles. The molecule has 0 spiro atoms. The average Bonchev–Trinajstić information content (AvgIpc) is 4.06. The molecule has 63 heavy (non-hydrogen) atoms. The summed E-state index contributed by atoms with van der Waals surface area (Å²) in [6.07, 6.45) is 0. The van der Waals surface area contributed by atoms with E-state index in [2.05, 4.69) is 164 Å². The summed E-state index contributed by atoms with van der Waals surface area (Å²) in [6, 6.07) is 69.7. The van der Waals surface area contributed by atoms with Crippen LogP contribution in [0.1, 0.15) is 0 Å². The third kappa shape index (κ3) is 5.87. The van der Waals surface area contributed by atoms with Gasteiger partial charge in [-0.1, -0.05) is 158 Å². The van der Waals surface area contributed by atoms with Gasteiger partial charge >= 0.3 is 0 Å². The average molecular weight is 824 g/mol. The molecule has 294 valence electrons. The maximum atomic E-state index is 6.77. The predicted molar refractivity (Wildman–Crippen MR) is 260 cm³/mol. The molecule has 0 radical (unpaired) electrons. The number of hydrogen-bond donors (Lipinski definition) is 0. The van der Waals surface area contributed by atoms with Crippen molar-refractivity contribution in [1.29, 1.82) is 0 Å². The first-order valence-electron chi connectivity index (χ1n) is 21.0. The summed E-state index contributed by atoms with van der Waals surface area (Å²) in [5.41, 5.74) is 12.6. The minimum absolute atomic E-state index is 0.569. The van der Waals surface area contributed by atoms with Gasteiger partial charge in [0.15, 0.2) is 17.5 Å². The molecule has 9 aromatic carbocycles. The molecule has 5 nitrogen and oxygen atoms in total. The number of fused-ring (bicyclic) bond motifs is 9. The summed E-state index contributed by atoms with van der Waals surface area (Å²) >= 11 is 1.85. The Morgan fingerprint density at radius 2 is 0.889 bits per heavy atom. The molecular weight excluding hydrogens is 791 g/mol. The molecule has 0 aliphatic carbocycles. The van der Waals surface area contributed by atoms with Gasteiger partial charge in [-0.2, -0.15) is 0 Å². The van der Waals surface area contributed by atoms with E-state index >= 15 is 0 Å². The van der Waals surface area contributed by atoms with Gasteiger partial charge in [-0.3, -0.25) is 0 Å². The zero-order valence-electron chi connectivity index (χ0n) is 33.6. The Morgan fingerprint density at radius 3 is 1.71 bits per heavy atom. The first kappa shape index (κ1) is 35.6. The van der Waals surface area contributed by atoms with Crippen molar-refractivity contribution in [3.05, 3.63) is 200 Å². The molecule has 0 atom stereocenters. The third-order valence-electron chi connectivity index (χ3n) is 12.2. The van der Waals surface area contributed by atoms with Gasteiger partial charge in [0.1, 0.15) is 22.3 Å². The second-order valence-corrected chi connectivity index (χ2v) is 16.9.